The summed E-state index contributed by atoms with van der Waals surface area (Å²) in [7, 11) is 0. The van der Waals surface area contributed by atoms with Crippen molar-refractivity contribution < 1.29 is 9.90 Å². The van der Waals surface area contributed by atoms with E-state index in [-0.39, 0.29) is 17.9 Å². The minimum atomic E-state index is -0.508. The molecule has 0 aliphatic heterocycles. The number of carbonyl (C=O) groups is 1. The Hall–Kier alpha value is -1.39. The lowest BCUT2D eigenvalue weighted by Gasteiger charge is -2.28. The highest BCUT2D eigenvalue weighted by molar-refractivity contribution is 5.79. The Morgan fingerprint density at radius 3 is 2.67 bits per heavy atom. The summed E-state index contributed by atoms with van der Waals surface area (Å²) >= 11 is 0. The van der Waals surface area contributed by atoms with Crippen molar-refractivity contribution >= 4 is 5.91 Å². The molecule has 1 fully saturated rings. The number of fused-ring (bicyclic) bond motifs is 1. The maximum atomic E-state index is 12.5. The zero-order valence-electron chi connectivity index (χ0n) is 12.3. The molecule has 0 spiro atoms. The average molecular weight is 288 g/mol. The van der Waals surface area contributed by atoms with E-state index < -0.39 is 6.10 Å². The minimum absolute atomic E-state index is 0.0766. The SMILES string of the molecule is NCC1CCC(C(=O)N[C@@H]2c3ccccc3C[C@@H]2O)CC1. The predicted molar refractivity (Wildman–Crippen MR) is 81.5 cm³/mol. The first kappa shape index (κ1) is 14.5. The summed E-state index contributed by atoms with van der Waals surface area (Å²) in [5.41, 5.74) is 7.90. The molecule has 114 valence electrons. The van der Waals surface area contributed by atoms with Crippen LogP contribution in [-0.2, 0) is 11.2 Å². The van der Waals surface area contributed by atoms with Crippen LogP contribution in [0.1, 0.15) is 42.9 Å². The van der Waals surface area contributed by atoms with Gasteiger partial charge in [-0.1, -0.05) is 24.3 Å². The van der Waals surface area contributed by atoms with Crippen molar-refractivity contribution in [1.29, 1.82) is 0 Å². The van der Waals surface area contributed by atoms with Crippen molar-refractivity contribution in [3.63, 3.8) is 0 Å². The van der Waals surface area contributed by atoms with Crippen LogP contribution < -0.4 is 11.1 Å². The van der Waals surface area contributed by atoms with E-state index >= 15 is 0 Å². The maximum Gasteiger partial charge on any atom is 0.223 e. The smallest absolute Gasteiger partial charge is 0.223 e. The van der Waals surface area contributed by atoms with E-state index in [4.69, 9.17) is 5.73 Å². The van der Waals surface area contributed by atoms with Gasteiger partial charge in [0.15, 0.2) is 0 Å². The molecule has 1 aromatic carbocycles. The van der Waals surface area contributed by atoms with Gasteiger partial charge in [0.2, 0.25) is 5.91 Å². The molecule has 0 bridgehead atoms. The molecule has 0 unspecified atom stereocenters. The fourth-order valence-electron chi connectivity index (χ4n) is 3.68. The highest BCUT2D eigenvalue weighted by Gasteiger charge is 2.34. The van der Waals surface area contributed by atoms with Gasteiger partial charge in [-0.3, -0.25) is 4.79 Å². The molecule has 4 N–H and O–H groups in total. The monoisotopic (exact) mass is 288 g/mol. The zero-order valence-corrected chi connectivity index (χ0v) is 12.3. The molecule has 21 heavy (non-hydrogen) atoms. The Morgan fingerprint density at radius 2 is 1.95 bits per heavy atom. The molecule has 1 aromatic rings. The Morgan fingerprint density at radius 1 is 1.24 bits per heavy atom. The molecule has 0 heterocycles. The number of amides is 1. The predicted octanol–water partition coefficient (Wildman–Crippen LogP) is 1.53. The zero-order chi connectivity index (χ0) is 14.8. The molecule has 4 heteroatoms. The van der Waals surface area contributed by atoms with Gasteiger partial charge < -0.3 is 16.2 Å². The number of aliphatic hydroxyl groups is 1. The first-order valence-corrected chi connectivity index (χ1v) is 7.95. The summed E-state index contributed by atoms with van der Waals surface area (Å²) in [5, 5.41) is 13.3. The van der Waals surface area contributed by atoms with Crippen LogP contribution in [0.15, 0.2) is 24.3 Å². The summed E-state index contributed by atoms with van der Waals surface area (Å²) < 4.78 is 0. The van der Waals surface area contributed by atoms with Gasteiger partial charge in [0, 0.05) is 12.3 Å². The normalized spacial score (nSPS) is 31.7. The molecule has 0 radical (unpaired) electrons. The Kier molecular flexibility index (Phi) is 4.27. The van der Waals surface area contributed by atoms with Gasteiger partial charge in [0.1, 0.15) is 0 Å². The van der Waals surface area contributed by atoms with E-state index in [9.17, 15) is 9.90 Å². The first-order chi connectivity index (χ1) is 10.2. The number of hydrogen-bond donors (Lipinski definition) is 3. The van der Waals surface area contributed by atoms with Crippen LogP contribution in [0.5, 0.6) is 0 Å². The van der Waals surface area contributed by atoms with Gasteiger partial charge in [-0.05, 0) is 49.3 Å². The van der Waals surface area contributed by atoms with Gasteiger partial charge in [-0.15, -0.1) is 0 Å². The van der Waals surface area contributed by atoms with Crippen LogP contribution >= 0.6 is 0 Å². The Labute approximate surface area is 125 Å². The van der Waals surface area contributed by atoms with E-state index in [0.717, 1.165) is 43.4 Å². The lowest BCUT2D eigenvalue weighted by Crippen LogP contribution is -2.39. The first-order valence-electron chi connectivity index (χ1n) is 7.95. The summed E-state index contributed by atoms with van der Waals surface area (Å²) in [4.78, 5) is 12.5. The highest BCUT2D eigenvalue weighted by Crippen LogP contribution is 2.33. The average Bonchev–Trinajstić information content (AvgIpc) is 2.83. The van der Waals surface area contributed by atoms with Gasteiger partial charge in [-0.2, -0.15) is 0 Å². The molecule has 2 atom stereocenters. The maximum absolute atomic E-state index is 12.5. The van der Waals surface area contributed by atoms with Gasteiger partial charge >= 0.3 is 0 Å². The van der Waals surface area contributed by atoms with Crippen molar-refractivity contribution in [1.82, 2.24) is 5.32 Å². The molecule has 0 saturated heterocycles. The summed E-state index contributed by atoms with van der Waals surface area (Å²) in [5.74, 6) is 0.742. The molecule has 2 aliphatic carbocycles. The van der Waals surface area contributed by atoms with Gasteiger partial charge in [-0.25, -0.2) is 0 Å². The molecular weight excluding hydrogens is 264 g/mol. The minimum Gasteiger partial charge on any atom is -0.390 e. The number of hydrogen-bond acceptors (Lipinski definition) is 3. The molecule has 3 rings (SSSR count). The standard InChI is InChI=1S/C17H24N2O2/c18-10-11-5-7-12(8-6-11)17(21)19-16-14-4-2-1-3-13(14)9-15(16)20/h1-4,11-12,15-16,20H,5-10,18H2,(H,19,21)/t11?,12?,15-,16+/m0/s1. The third-order valence-corrected chi connectivity index (χ3v) is 5.05. The number of carbonyl (C=O) groups excluding carboxylic acids is 1. The van der Waals surface area contributed by atoms with Crippen molar-refractivity contribution in [3.05, 3.63) is 35.4 Å². The van der Waals surface area contributed by atoms with Gasteiger partial charge in [0.25, 0.3) is 0 Å². The molecule has 1 saturated carbocycles. The lowest BCUT2D eigenvalue weighted by molar-refractivity contribution is -0.127. The van der Waals surface area contributed by atoms with Crippen LogP contribution in [0, 0.1) is 11.8 Å². The number of benzene rings is 1. The summed E-state index contributed by atoms with van der Waals surface area (Å²) in [6.45, 7) is 0.725. The fourth-order valence-corrected chi connectivity index (χ4v) is 3.68. The van der Waals surface area contributed by atoms with E-state index in [1.807, 2.05) is 24.3 Å². The number of aliphatic hydroxyl groups excluding tert-OH is 1. The van der Waals surface area contributed by atoms with Crippen LogP contribution in [0.25, 0.3) is 0 Å². The molecule has 0 aromatic heterocycles. The van der Waals surface area contributed by atoms with Crippen LogP contribution in [-0.4, -0.2) is 23.7 Å². The number of nitrogens with two attached hydrogens (primary N) is 1. The fraction of sp³-hybridized carbons (Fsp3) is 0.588. The second-order valence-electron chi connectivity index (χ2n) is 6.41. The third-order valence-electron chi connectivity index (χ3n) is 5.05. The van der Waals surface area contributed by atoms with E-state index in [1.54, 1.807) is 0 Å². The van der Waals surface area contributed by atoms with Crippen LogP contribution in [0.2, 0.25) is 0 Å². The number of rotatable bonds is 3. The quantitative estimate of drug-likeness (QED) is 0.789. The van der Waals surface area contributed by atoms with Crippen molar-refractivity contribution in [2.45, 2.75) is 44.2 Å². The second-order valence-corrected chi connectivity index (χ2v) is 6.41. The van der Waals surface area contributed by atoms with Crippen molar-refractivity contribution in [2.24, 2.45) is 17.6 Å². The molecule has 1 amide bonds. The summed E-state index contributed by atoms with van der Waals surface area (Å²) in [6.07, 6.45) is 4.03. The van der Waals surface area contributed by atoms with E-state index in [2.05, 4.69) is 5.32 Å². The van der Waals surface area contributed by atoms with E-state index in [0.29, 0.717) is 12.3 Å². The van der Waals surface area contributed by atoms with Crippen molar-refractivity contribution in [3.8, 4) is 0 Å². The molecular formula is C17H24N2O2. The van der Waals surface area contributed by atoms with Crippen molar-refractivity contribution in [2.75, 3.05) is 6.54 Å². The Bertz CT molecular complexity index is 509. The van der Waals surface area contributed by atoms with Gasteiger partial charge in [0.05, 0.1) is 12.1 Å². The molecule has 2 aliphatic rings. The van der Waals surface area contributed by atoms with E-state index in [1.165, 1.54) is 0 Å². The van der Waals surface area contributed by atoms with Crippen LogP contribution in [0.3, 0.4) is 0 Å². The topological polar surface area (TPSA) is 75.4 Å². The molecule has 4 nitrogen and oxygen atoms in total. The number of nitrogens with one attached hydrogen (secondary N) is 1. The highest BCUT2D eigenvalue weighted by atomic mass is 16.3. The largest absolute Gasteiger partial charge is 0.390 e. The third kappa shape index (κ3) is 2.97. The second kappa shape index (κ2) is 6.16. The lowest BCUT2D eigenvalue weighted by atomic mass is 9.81. The Balaban J connectivity index is 1.63. The summed E-state index contributed by atoms with van der Waals surface area (Å²) in [6, 6.07) is 7.71. The van der Waals surface area contributed by atoms with Crippen LogP contribution in [0.4, 0.5) is 0 Å².